The van der Waals surface area contributed by atoms with Crippen molar-refractivity contribution in [1.29, 1.82) is 5.26 Å². The number of carbonyl (C=O) groups excluding carboxylic acids is 1. The van der Waals surface area contributed by atoms with E-state index < -0.39 is 11.6 Å². The third kappa shape index (κ3) is 4.05. The van der Waals surface area contributed by atoms with E-state index in [2.05, 4.69) is 6.07 Å². The molecule has 0 aromatic heterocycles. The second kappa shape index (κ2) is 7.06. The molecule has 2 aromatic rings. The predicted molar refractivity (Wildman–Crippen MR) is 92.3 cm³/mol. The van der Waals surface area contributed by atoms with E-state index in [1.165, 1.54) is 0 Å². The van der Waals surface area contributed by atoms with E-state index in [1.807, 2.05) is 18.2 Å². The molecule has 2 aromatic carbocycles. The van der Waals surface area contributed by atoms with Crippen molar-refractivity contribution in [2.45, 2.75) is 31.4 Å². The zero-order valence-electron chi connectivity index (χ0n) is 14.1. The van der Waals surface area contributed by atoms with Crippen LogP contribution in [0.2, 0.25) is 0 Å². The number of hydrogen-bond acceptors (Lipinski definition) is 5. The minimum Gasteiger partial charge on any atom is -0.390 e. The number of nitrogens with zero attached hydrogens (tertiary/aromatic N) is 2. The largest absolute Gasteiger partial charge is 0.390 e. The Morgan fingerprint density at radius 3 is 2.56 bits per heavy atom. The lowest BCUT2D eigenvalue weighted by atomic mass is 9.86. The van der Waals surface area contributed by atoms with Crippen molar-refractivity contribution in [1.82, 2.24) is 5.06 Å². The standard InChI is InChI=1S/C20H20N2O3/c1-20(24)11-12-22(25-19(23)17-5-3-2-4-6-17)18(13-20)16-9-7-15(14-21)8-10-16/h2-10,18,24H,11-13H2,1H3. The van der Waals surface area contributed by atoms with Crippen LogP contribution in [0, 0.1) is 11.3 Å². The predicted octanol–water partition coefficient (Wildman–Crippen LogP) is 3.22. The van der Waals surface area contributed by atoms with Gasteiger partial charge in [-0.15, -0.1) is 5.06 Å². The first-order valence-electron chi connectivity index (χ1n) is 8.25. The summed E-state index contributed by atoms with van der Waals surface area (Å²) in [6, 6.07) is 17.8. The molecular weight excluding hydrogens is 316 g/mol. The number of hydroxylamine groups is 2. The van der Waals surface area contributed by atoms with Crippen molar-refractivity contribution in [3.05, 3.63) is 71.3 Å². The highest BCUT2D eigenvalue weighted by Crippen LogP contribution is 2.36. The molecule has 128 valence electrons. The molecule has 2 unspecified atom stereocenters. The van der Waals surface area contributed by atoms with E-state index in [-0.39, 0.29) is 6.04 Å². The summed E-state index contributed by atoms with van der Waals surface area (Å²) in [6.07, 6.45) is 0.961. The van der Waals surface area contributed by atoms with Gasteiger partial charge in [-0.2, -0.15) is 5.26 Å². The molecule has 0 spiro atoms. The van der Waals surface area contributed by atoms with Gasteiger partial charge in [0.2, 0.25) is 0 Å². The highest BCUT2D eigenvalue weighted by Gasteiger charge is 2.38. The van der Waals surface area contributed by atoms with E-state index in [0.29, 0.717) is 30.5 Å². The molecule has 2 atom stereocenters. The normalized spacial score (nSPS) is 23.6. The number of carbonyl (C=O) groups is 1. The lowest BCUT2D eigenvalue weighted by molar-refractivity contribution is -0.184. The van der Waals surface area contributed by atoms with E-state index in [4.69, 9.17) is 10.1 Å². The van der Waals surface area contributed by atoms with Crippen LogP contribution < -0.4 is 0 Å². The number of aliphatic hydroxyl groups is 1. The van der Waals surface area contributed by atoms with Crippen LogP contribution in [0.4, 0.5) is 0 Å². The summed E-state index contributed by atoms with van der Waals surface area (Å²) in [6.45, 7) is 2.23. The first-order chi connectivity index (χ1) is 12.0. The van der Waals surface area contributed by atoms with Crippen LogP contribution in [0.3, 0.4) is 0 Å². The van der Waals surface area contributed by atoms with Crippen LogP contribution in [0.15, 0.2) is 54.6 Å². The highest BCUT2D eigenvalue weighted by molar-refractivity contribution is 5.89. The topological polar surface area (TPSA) is 73.6 Å². The first-order valence-corrected chi connectivity index (χ1v) is 8.25. The molecule has 1 aliphatic heterocycles. The Hall–Kier alpha value is -2.68. The summed E-state index contributed by atoms with van der Waals surface area (Å²) in [7, 11) is 0. The van der Waals surface area contributed by atoms with E-state index in [1.54, 1.807) is 48.4 Å². The number of piperidine rings is 1. The quantitative estimate of drug-likeness (QED) is 0.931. The van der Waals surface area contributed by atoms with Crippen LogP contribution in [0.25, 0.3) is 0 Å². The van der Waals surface area contributed by atoms with Gasteiger partial charge in [0.15, 0.2) is 0 Å². The smallest absolute Gasteiger partial charge is 0.357 e. The Bertz CT molecular complexity index is 779. The van der Waals surface area contributed by atoms with Crippen LogP contribution in [0.5, 0.6) is 0 Å². The van der Waals surface area contributed by atoms with Gasteiger partial charge in [0, 0.05) is 6.54 Å². The molecule has 5 heteroatoms. The molecule has 3 rings (SSSR count). The second-order valence-electron chi connectivity index (χ2n) is 6.59. The van der Waals surface area contributed by atoms with Crippen LogP contribution >= 0.6 is 0 Å². The summed E-state index contributed by atoms with van der Waals surface area (Å²) >= 11 is 0. The molecule has 1 fully saturated rings. The highest BCUT2D eigenvalue weighted by atomic mass is 16.7. The lowest BCUT2D eigenvalue weighted by Gasteiger charge is -2.41. The third-order valence-corrected chi connectivity index (χ3v) is 4.49. The molecule has 1 aliphatic rings. The average molecular weight is 336 g/mol. The fraction of sp³-hybridized carbons (Fsp3) is 0.300. The zero-order chi connectivity index (χ0) is 17.9. The minimum absolute atomic E-state index is 0.260. The van der Waals surface area contributed by atoms with E-state index in [9.17, 15) is 9.90 Å². The fourth-order valence-corrected chi connectivity index (χ4v) is 3.03. The molecule has 0 bridgehead atoms. The molecular formula is C20H20N2O3. The van der Waals surface area contributed by atoms with Gasteiger partial charge < -0.3 is 9.94 Å². The lowest BCUT2D eigenvalue weighted by Crippen LogP contribution is -2.45. The van der Waals surface area contributed by atoms with Crippen molar-refractivity contribution in [3.63, 3.8) is 0 Å². The average Bonchev–Trinajstić information content (AvgIpc) is 2.64. The third-order valence-electron chi connectivity index (χ3n) is 4.49. The fourth-order valence-electron chi connectivity index (χ4n) is 3.03. The van der Waals surface area contributed by atoms with E-state index in [0.717, 1.165) is 5.56 Å². The molecule has 25 heavy (non-hydrogen) atoms. The molecule has 1 N–H and O–H groups in total. The Kier molecular flexibility index (Phi) is 4.84. The van der Waals surface area contributed by atoms with Gasteiger partial charge >= 0.3 is 5.97 Å². The first kappa shape index (κ1) is 17.2. The zero-order valence-corrected chi connectivity index (χ0v) is 14.1. The van der Waals surface area contributed by atoms with Crippen molar-refractivity contribution in [2.24, 2.45) is 0 Å². The summed E-state index contributed by atoms with van der Waals surface area (Å²) in [4.78, 5) is 18.0. The maximum Gasteiger partial charge on any atom is 0.357 e. The molecule has 0 saturated carbocycles. The van der Waals surface area contributed by atoms with Gasteiger partial charge in [0.1, 0.15) is 0 Å². The molecule has 1 heterocycles. The Balaban J connectivity index is 1.82. The van der Waals surface area contributed by atoms with Gasteiger partial charge in [-0.3, -0.25) is 0 Å². The molecule has 0 radical (unpaired) electrons. The van der Waals surface area contributed by atoms with Crippen LogP contribution in [-0.4, -0.2) is 28.3 Å². The van der Waals surface area contributed by atoms with Gasteiger partial charge in [-0.05, 0) is 49.6 Å². The van der Waals surface area contributed by atoms with Gasteiger partial charge in [-0.1, -0.05) is 30.3 Å². The maximum absolute atomic E-state index is 12.4. The minimum atomic E-state index is -0.825. The van der Waals surface area contributed by atoms with Gasteiger partial charge in [-0.25, -0.2) is 4.79 Å². The van der Waals surface area contributed by atoms with Crippen LogP contribution in [0.1, 0.15) is 47.3 Å². The van der Waals surface area contributed by atoms with E-state index >= 15 is 0 Å². The Labute approximate surface area is 147 Å². The van der Waals surface area contributed by atoms with Crippen molar-refractivity contribution in [3.8, 4) is 6.07 Å². The Morgan fingerprint density at radius 2 is 1.92 bits per heavy atom. The summed E-state index contributed by atoms with van der Waals surface area (Å²) < 4.78 is 0. The molecule has 0 aliphatic carbocycles. The number of rotatable bonds is 3. The molecule has 0 amide bonds. The van der Waals surface area contributed by atoms with Crippen LogP contribution in [-0.2, 0) is 4.84 Å². The molecule has 5 nitrogen and oxygen atoms in total. The maximum atomic E-state index is 12.4. The summed E-state index contributed by atoms with van der Waals surface area (Å²) in [5.74, 6) is -0.416. The van der Waals surface area contributed by atoms with Gasteiger partial charge in [0.25, 0.3) is 0 Å². The van der Waals surface area contributed by atoms with Crippen molar-refractivity contribution < 1.29 is 14.7 Å². The van der Waals surface area contributed by atoms with Crippen molar-refractivity contribution >= 4 is 5.97 Å². The van der Waals surface area contributed by atoms with Crippen molar-refractivity contribution in [2.75, 3.05) is 6.54 Å². The second-order valence-corrected chi connectivity index (χ2v) is 6.59. The molecule has 1 saturated heterocycles. The number of benzene rings is 2. The summed E-state index contributed by atoms with van der Waals surface area (Å²) in [5.41, 5.74) is 1.13. The number of nitriles is 1. The summed E-state index contributed by atoms with van der Waals surface area (Å²) in [5, 5.41) is 21.0. The van der Waals surface area contributed by atoms with Gasteiger partial charge in [0.05, 0.1) is 28.8 Å². The number of hydrogen-bond donors (Lipinski definition) is 1. The SMILES string of the molecule is CC1(O)CCN(OC(=O)c2ccccc2)C(c2ccc(C#N)cc2)C1. The monoisotopic (exact) mass is 336 g/mol. The Morgan fingerprint density at radius 1 is 1.24 bits per heavy atom.